The fraction of sp³-hybridized carbons (Fsp3) is 0.667. The Morgan fingerprint density at radius 3 is 1.70 bits per heavy atom. The molecule has 0 heterocycles. The number of hydrogen-bond donors (Lipinski definition) is 1. The van der Waals surface area contributed by atoms with Gasteiger partial charge in [-0.2, -0.15) is 0 Å². The first kappa shape index (κ1) is 29.8. The molecule has 0 radical (unpaired) electrons. The third-order valence-corrected chi connectivity index (χ3v) is 2.64. The number of nitrogens with one attached hydrogen (secondary N) is 1. The topological polar surface area (TPSA) is 29.1 Å². The molecule has 1 rings (SSSR count). The highest BCUT2D eigenvalue weighted by Gasteiger charge is 2.10. The summed E-state index contributed by atoms with van der Waals surface area (Å²) in [4.78, 5) is 11.2. The number of ketones is 1. The van der Waals surface area contributed by atoms with Gasteiger partial charge in [-0.05, 0) is 38.8 Å². The first-order valence-corrected chi connectivity index (χ1v) is 9.45. The lowest BCUT2D eigenvalue weighted by atomic mass is 10.0. The number of hydrogen-bond acceptors (Lipinski definition) is 2. The number of aryl methyl sites for hydroxylation is 1. The summed E-state index contributed by atoms with van der Waals surface area (Å²) in [7, 11) is 1.84. The number of carbonyl (C=O) groups is 1. The Bertz CT molecular complexity index is 296. The molecule has 138 valence electrons. The highest BCUT2D eigenvalue weighted by molar-refractivity contribution is 5.81. The van der Waals surface area contributed by atoms with Gasteiger partial charge >= 0.3 is 0 Å². The molecule has 2 heteroatoms. The van der Waals surface area contributed by atoms with Gasteiger partial charge in [-0.3, -0.25) is 4.79 Å². The monoisotopic (exact) mass is 325 g/mol. The number of likely N-dealkylation sites (N-methyl/N-ethyl adjacent to an activating group) is 1. The maximum Gasteiger partial charge on any atom is 0.146 e. The van der Waals surface area contributed by atoms with Crippen molar-refractivity contribution in [1.29, 1.82) is 0 Å². The van der Waals surface area contributed by atoms with Gasteiger partial charge in [0.15, 0.2) is 0 Å². The van der Waals surface area contributed by atoms with Crippen LogP contribution in [0, 0.1) is 0 Å². The van der Waals surface area contributed by atoms with Gasteiger partial charge in [-0.15, -0.1) is 0 Å². The molecule has 0 aromatic heterocycles. The van der Waals surface area contributed by atoms with E-state index in [4.69, 9.17) is 0 Å². The Balaban J connectivity index is -0.000000196. The molecule has 1 unspecified atom stereocenters. The maximum atomic E-state index is 11.2. The third kappa shape index (κ3) is 20.9. The Hall–Kier alpha value is -1.15. The van der Waals surface area contributed by atoms with E-state index in [1.54, 1.807) is 6.92 Å². The van der Waals surface area contributed by atoms with Crippen molar-refractivity contribution >= 4 is 5.78 Å². The smallest absolute Gasteiger partial charge is 0.146 e. The average molecular weight is 326 g/mol. The van der Waals surface area contributed by atoms with E-state index in [2.05, 4.69) is 29.6 Å². The Kier molecular flexibility index (Phi) is 37.5. The van der Waals surface area contributed by atoms with Crippen molar-refractivity contribution in [2.45, 2.75) is 87.6 Å². The molecule has 0 saturated heterocycles. The van der Waals surface area contributed by atoms with Gasteiger partial charge < -0.3 is 5.32 Å². The summed E-state index contributed by atoms with van der Waals surface area (Å²) in [6, 6.07) is 10.4. The molecule has 0 aliphatic heterocycles. The summed E-state index contributed by atoms with van der Waals surface area (Å²) in [6.07, 6.45) is 3.02. The van der Waals surface area contributed by atoms with Crippen LogP contribution in [0.5, 0.6) is 0 Å². The minimum Gasteiger partial charge on any atom is -0.311 e. The lowest BCUT2D eigenvalue weighted by Gasteiger charge is -2.11. The van der Waals surface area contributed by atoms with E-state index >= 15 is 0 Å². The Morgan fingerprint density at radius 2 is 1.35 bits per heavy atom. The van der Waals surface area contributed by atoms with E-state index in [0.717, 1.165) is 19.3 Å². The fourth-order valence-electron chi connectivity index (χ4n) is 1.71. The summed E-state index contributed by atoms with van der Waals surface area (Å²) in [5, 5.41) is 3.04. The molecule has 1 aromatic carbocycles. The van der Waals surface area contributed by atoms with Crippen LogP contribution in [0.2, 0.25) is 0 Å². The largest absolute Gasteiger partial charge is 0.311 e. The molecule has 1 aromatic rings. The molecule has 0 spiro atoms. The van der Waals surface area contributed by atoms with Gasteiger partial charge in [0, 0.05) is 0 Å². The van der Waals surface area contributed by atoms with Gasteiger partial charge in [0.2, 0.25) is 0 Å². The first-order valence-electron chi connectivity index (χ1n) is 9.45. The normalized spacial score (nSPS) is 9.13. The third-order valence-electron chi connectivity index (χ3n) is 2.64. The van der Waals surface area contributed by atoms with Gasteiger partial charge in [0.1, 0.15) is 5.78 Å². The van der Waals surface area contributed by atoms with Gasteiger partial charge in [-0.25, -0.2) is 0 Å². The zero-order valence-corrected chi connectivity index (χ0v) is 17.5. The van der Waals surface area contributed by atoms with Crippen molar-refractivity contribution in [3.63, 3.8) is 0 Å². The highest BCUT2D eigenvalue weighted by atomic mass is 16.1. The van der Waals surface area contributed by atoms with E-state index in [-0.39, 0.29) is 11.8 Å². The van der Waals surface area contributed by atoms with Crippen molar-refractivity contribution in [3.8, 4) is 0 Å². The van der Waals surface area contributed by atoms with E-state index in [1.807, 2.05) is 68.5 Å². The van der Waals surface area contributed by atoms with Crippen LogP contribution in [-0.4, -0.2) is 18.9 Å². The lowest BCUT2D eigenvalue weighted by Crippen LogP contribution is -2.32. The van der Waals surface area contributed by atoms with Crippen LogP contribution in [0.1, 0.15) is 80.7 Å². The molecule has 0 saturated carbocycles. The summed E-state index contributed by atoms with van der Waals surface area (Å²) in [5.74, 6) is 0.227. The standard InChI is InChI=1S/C13H19NO.4C2H6/c1-11(15)13(14-2)10-6-9-12-7-4-3-5-8-12;4*1-2/h3-5,7-8,13-14H,6,9-10H2,1-2H3;4*1-2H3. The van der Waals surface area contributed by atoms with Crippen molar-refractivity contribution in [2.24, 2.45) is 0 Å². The van der Waals surface area contributed by atoms with E-state index in [0.29, 0.717) is 0 Å². The molecule has 1 atom stereocenters. The molecular formula is C21H43NO. The zero-order valence-electron chi connectivity index (χ0n) is 17.5. The molecule has 0 fully saturated rings. The van der Waals surface area contributed by atoms with Crippen LogP contribution < -0.4 is 5.32 Å². The second kappa shape index (κ2) is 28.9. The van der Waals surface area contributed by atoms with Crippen LogP contribution in [-0.2, 0) is 11.2 Å². The predicted octanol–water partition coefficient (Wildman–Crippen LogP) is 6.29. The summed E-state index contributed by atoms with van der Waals surface area (Å²) in [5.41, 5.74) is 1.34. The fourth-order valence-corrected chi connectivity index (χ4v) is 1.71. The molecule has 1 N–H and O–H groups in total. The highest BCUT2D eigenvalue weighted by Crippen LogP contribution is 2.06. The SMILES string of the molecule is CC.CC.CC.CC.CNC(CCCc1ccccc1)C(C)=O. The number of carbonyl (C=O) groups excluding carboxylic acids is 1. The molecule has 0 aliphatic rings. The predicted molar refractivity (Wildman–Crippen MR) is 108 cm³/mol. The van der Waals surface area contributed by atoms with Gasteiger partial charge in [0.05, 0.1) is 6.04 Å². The van der Waals surface area contributed by atoms with Gasteiger partial charge in [0.25, 0.3) is 0 Å². The second-order valence-corrected chi connectivity index (χ2v) is 3.83. The Morgan fingerprint density at radius 1 is 0.913 bits per heavy atom. The van der Waals surface area contributed by atoms with Crippen LogP contribution in [0.4, 0.5) is 0 Å². The summed E-state index contributed by atoms with van der Waals surface area (Å²) in [6.45, 7) is 17.6. The van der Waals surface area contributed by atoms with Crippen molar-refractivity contribution in [2.75, 3.05) is 7.05 Å². The molecule has 23 heavy (non-hydrogen) atoms. The average Bonchev–Trinajstić information content (AvgIpc) is 2.66. The van der Waals surface area contributed by atoms with Crippen molar-refractivity contribution < 1.29 is 4.79 Å². The molecular weight excluding hydrogens is 282 g/mol. The lowest BCUT2D eigenvalue weighted by molar-refractivity contribution is -0.119. The van der Waals surface area contributed by atoms with Crippen molar-refractivity contribution in [1.82, 2.24) is 5.32 Å². The first-order chi connectivity index (χ1) is 11.2. The number of benzene rings is 1. The summed E-state index contributed by atoms with van der Waals surface area (Å²) >= 11 is 0. The number of rotatable bonds is 6. The quantitative estimate of drug-likeness (QED) is 0.665. The van der Waals surface area contributed by atoms with Crippen LogP contribution in [0.15, 0.2) is 30.3 Å². The van der Waals surface area contributed by atoms with E-state index < -0.39 is 0 Å². The molecule has 2 nitrogen and oxygen atoms in total. The van der Waals surface area contributed by atoms with Crippen LogP contribution in [0.3, 0.4) is 0 Å². The van der Waals surface area contributed by atoms with Crippen LogP contribution >= 0.6 is 0 Å². The maximum absolute atomic E-state index is 11.2. The molecule has 0 bridgehead atoms. The number of Topliss-reactive ketones (excluding diaryl/α,β-unsaturated/α-hetero) is 1. The van der Waals surface area contributed by atoms with E-state index in [9.17, 15) is 4.79 Å². The molecule has 0 amide bonds. The minimum absolute atomic E-state index is 0.0220. The zero-order chi connectivity index (χ0) is 19.1. The second-order valence-electron chi connectivity index (χ2n) is 3.83. The minimum atomic E-state index is 0.0220. The molecule has 0 aliphatic carbocycles. The van der Waals surface area contributed by atoms with Crippen LogP contribution in [0.25, 0.3) is 0 Å². The van der Waals surface area contributed by atoms with Crippen molar-refractivity contribution in [3.05, 3.63) is 35.9 Å². The van der Waals surface area contributed by atoms with E-state index in [1.165, 1.54) is 5.56 Å². The van der Waals surface area contributed by atoms with Gasteiger partial charge in [-0.1, -0.05) is 85.7 Å². The summed E-state index contributed by atoms with van der Waals surface area (Å²) < 4.78 is 0. The Labute approximate surface area is 147 Å².